The molecule has 2 fully saturated rings. The molecule has 2 aromatic carbocycles. The van der Waals surface area contributed by atoms with Gasteiger partial charge in [0, 0.05) is 25.0 Å². The fourth-order valence-corrected chi connectivity index (χ4v) is 5.10. The SMILES string of the molecule is COc1cccc(C2(CN3CCCCC3)CCN(c3ccccc3OC)CC2)c1. The van der Waals surface area contributed by atoms with E-state index in [1.165, 1.54) is 43.6 Å². The summed E-state index contributed by atoms with van der Waals surface area (Å²) in [5.74, 6) is 1.94. The Labute approximate surface area is 175 Å². The first-order valence-corrected chi connectivity index (χ1v) is 11.0. The number of anilines is 1. The molecule has 0 aliphatic carbocycles. The number of nitrogens with zero attached hydrogens (tertiary/aromatic N) is 2. The van der Waals surface area contributed by atoms with Gasteiger partial charge >= 0.3 is 0 Å². The zero-order valence-electron chi connectivity index (χ0n) is 17.9. The second-order valence-electron chi connectivity index (χ2n) is 8.51. The predicted octanol–water partition coefficient (Wildman–Crippen LogP) is 4.73. The lowest BCUT2D eigenvalue weighted by atomic mass is 9.72. The number of hydrogen-bond donors (Lipinski definition) is 0. The van der Waals surface area contributed by atoms with E-state index >= 15 is 0 Å². The third-order valence-electron chi connectivity index (χ3n) is 6.80. The van der Waals surface area contributed by atoms with Crippen LogP contribution < -0.4 is 14.4 Å². The lowest BCUT2D eigenvalue weighted by Gasteiger charge is -2.46. The van der Waals surface area contributed by atoms with Crippen molar-refractivity contribution in [1.82, 2.24) is 4.90 Å². The molecule has 0 aromatic heterocycles. The molecule has 0 atom stereocenters. The molecular weight excluding hydrogens is 360 g/mol. The second-order valence-corrected chi connectivity index (χ2v) is 8.51. The van der Waals surface area contributed by atoms with Crippen molar-refractivity contribution < 1.29 is 9.47 Å². The summed E-state index contributed by atoms with van der Waals surface area (Å²) in [6.45, 7) is 5.72. The predicted molar refractivity (Wildman–Crippen MR) is 119 cm³/mol. The topological polar surface area (TPSA) is 24.9 Å². The highest BCUT2D eigenvalue weighted by molar-refractivity contribution is 5.59. The van der Waals surface area contributed by atoms with E-state index in [0.717, 1.165) is 44.0 Å². The van der Waals surface area contributed by atoms with Crippen molar-refractivity contribution in [2.75, 3.05) is 51.8 Å². The van der Waals surface area contributed by atoms with Crippen molar-refractivity contribution in [1.29, 1.82) is 0 Å². The van der Waals surface area contributed by atoms with E-state index in [1.807, 2.05) is 6.07 Å². The molecule has 0 unspecified atom stereocenters. The van der Waals surface area contributed by atoms with Crippen molar-refractivity contribution in [3.8, 4) is 11.5 Å². The smallest absolute Gasteiger partial charge is 0.142 e. The van der Waals surface area contributed by atoms with Gasteiger partial charge in [0.1, 0.15) is 11.5 Å². The van der Waals surface area contributed by atoms with Gasteiger partial charge in [0.05, 0.1) is 19.9 Å². The summed E-state index contributed by atoms with van der Waals surface area (Å²) in [6, 6.07) is 17.2. The van der Waals surface area contributed by atoms with Gasteiger partial charge in [0.15, 0.2) is 0 Å². The number of ether oxygens (including phenoxy) is 2. The van der Waals surface area contributed by atoms with Gasteiger partial charge < -0.3 is 19.3 Å². The van der Waals surface area contributed by atoms with Crippen molar-refractivity contribution in [3.05, 3.63) is 54.1 Å². The normalized spacial score (nSPS) is 19.7. The highest BCUT2D eigenvalue weighted by Crippen LogP contribution is 2.41. The molecule has 156 valence electrons. The Morgan fingerprint density at radius 2 is 1.59 bits per heavy atom. The molecule has 2 aliphatic rings. The van der Waals surface area contributed by atoms with Crippen LogP contribution in [0.4, 0.5) is 5.69 Å². The summed E-state index contributed by atoms with van der Waals surface area (Å²) in [6.07, 6.45) is 6.34. The Kier molecular flexibility index (Phi) is 6.29. The van der Waals surface area contributed by atoms with Crippen molar-refractivity contribution in [2.24, 2.45) is 0 Å². The molecule has 0 radical (unpaired) electrons. The molecule has 2 aromatic rings. The van der Waals surface area contributed by atoms with Crippen molar-refractivity contribution >= 4 is 5.69 Å². The van der Waals surface area contributed by atoms with Crippen LogP contribution in [0.5, 0.6) is 11.5 Å². The van der Waals surface area contributed by atoms with Crippen LogP contribution >= 0.6 is 0 Å². The molecule has 4 heteroatoms. The van der Waals surface area contributed by atoms with Crippen LogP contribution in [0.1, 0.15) is 37.7 Å². The Morgan fingerprint density at radius 3 is 2.31 bits per heavy atom. The number of hydrogen-bond acceptors (Lipinski definition) is 4. The van der Waals surface area contributed by atoms with Crippen LogP contribution in [0.2, 0.25) is 0 Å². The molecule has 0 bridgehead atoms. The third-order valence-corrected chi connectivity index (χ3v) is 6.80. The number of likely N-dealkylation sites (tertiary alicyclic amines) is 1. The second kappa shape index (κ2) is 9.08. The summed E-state index contributed by atoms with van der Waals surface area (Å²) in [5, 5.41) is 0. The van der Waals surface area contributed by atoms with E-state index in [4.69, 9.17) is 9.47 Å². The first kappa shape index (κ1) is 20.1. The first-order chi connectivity index (χ1) is 14.2. The van der Waals surface area contributed by atoms with Gasteiger partial charge in [-0.25, -0.2) is 0 Å². The maximum atomic E-state index is 5.62. The van der Waals surface area contributed by atoms with Gasteiger partial charge in [0.25, 0.3) is 0 Å². The maximum absolute atomic E-state index is 5.62. The van der Waals surface area contributed by atoms with Crippen molar-refractivity contribution in [2.45, 2.75) is 37.5 Å². The average Bonchev–Trinajstić information content (AvgIpc) is 2.80. The highest BCUT2D eigenvalue weighted by Gasteiger charge is 2.38. The fourth-order valence-electron chi connectivity index (χ4n) is 5.10. The van der Waals surface area contributed by atoms with Gasteiger partial charge in [-0.3, -0.25) is 0 Å². The van der Waals surface area contributed by atoms with E-state index in [0.29, 0.717) is 0 Å². The number of para-hydroxylation sites is 2. The fraction of sp³-hybridized carbons (Fsp3) is 0.520. The molecule has 2 heterocycles. The quantitative estimate of drug-likeness (QED) is 0.707. The van der Waals surface area contributed by atoms with Gasteiger partial charge in [0.2, 0.25) is 0 Å². The molecule has 0 saturated carbocycles. The molecule has 2 saturated heterocycles. The maximum Gasteiger partial charge on any atom is 0.142 e. The number of rotatable bonds is 6. The minimum Gasteiger partial charge on any atom is -0.497 e. The molecular formula is C25H34N2O2. The molecule has 4 rings (SSSR count). The summed E-state index contributed by atoms with van der Waals surface area (Å²) >= 11 is 0. The Balaban J connectivity index is 1.58. The molecule has 0 amide bonds. The van der Waals surface area contributed by atoms with E-state index in [9.17, 15) is 0 Å². The first-order valence-electron chi connectivity index (χ1n) is 11.0. The largest absolute Gasteiger partial charge is 0.497 e. The monoisotopic (exact) mass is 394 g/mol. The molecule has 0 spiro atoms. The lowest BCUT2D eigenvalue weighted by Crippen LogP contribution is -2.50. The van der Waals surface area contributed by atoms with Crippen molar-refractivity contribution in [3.63, 3.8) is 0 Å². The Morgan fingerprint density at radius 1 is 0.828 bits per heavy atom. The minimum absolute atomic E-state index is 0.185. The number of methoxy groups -OCH3 is 2. The molecule has 29 heavy (non-hydrogen) atoms. The van der Waals surface area contributed by atoms with Gasteiger partial charge in [-0.15, -0.1) is 0 Å². The van der Waals surface area contributed by atoms with Crippen LogP contribution in [0.3, 0.4) is 0 Å². The van der Waals surface area contributed by atoms with Crippen LogP contribution in [0.25, 0.3) is 0 Å². The minimum atomic E-state index is 0.185. The summed E-state index contributed by atoms with van der Waals surface area (Å²) in [4.78, 5) is 5.19. The Bertz CT molecular complexity index is 793. The Hall–Kier alpha value is -2.20. The standard InChI is InChI=1S/C25H34N2O2/c1-28-22-10-8-9-21(19-22)25(20-26-15-6-3-7-16-26)13-17-27(18-14-25)23-11-4-5-12-24(23)29-2/h4-5,8-12,19H,3,6-7,13-18,20H2,1-2H3. The summed E-state index contributed by atoms with van der Waals surface area (Å²) in [7, 11) is 3.53. The van der Waals surface area contributed by atoms with E-state index in [2.05, 4.69) is 52.3 Å². The average molecular weight is 395 g/mol. The third kappa shape index (κ3) is 4.37. The number of piperidine rings is 2. The zero-order chi connectivity index (χ0) is 20.1. The zero-order valence-corrected chi connectivity index (χ0v) is 17.9. The lowest BCUT2D eigenvalue weighted by molar-refractivity contribution is 0.156. The molecule has 0 N–H and O–H groups in total. The van der Waals surface area contributed by atoms with Gasteiger partial charge in [-0.2, -0.15) is 0 Å². The van der Waals surface area contributed by atoms with Crippen LogP contribution in [0.15, 0.2) is 48.5 Å². The molecule has 4 nitrogen and oxygen atoms in total. The summed E-state index contributed by atoms with van der Waals surface area (Å²) in [5.41, 5.74) is 2.83. The van der Waals surface area contributed by atoms with Crippen LogP contribution in [0, 0.1) is 0 Å². The summed E-state index contributed by atoms with van der Waals surface area (Å²) < 4.78 is 11.2. The molecule has 2 aliphatic heterocycles. The van der Waals surface area contributed by atoms with E-state index in [1.54, 1.807) is 14.2 Å². The van der Waals surface area contributed by atoms with Gasteiger partial charge in [-0.1, -0.05) is 30.7 Å². The van der Waals surface area contributed by atoms with E-state index < -0.39 is 0 Å². The number of benzene rings is 2. The van der Waals surface area contributed by atoms with Gasteiger partial charge in [-0.05, 0) is 68.6 Å². The van der Waals surface area contributed by atoms with Crippen LogP contribution in [-0.4, -0.2) is 51.8 Å². The van der Waals surface area contributed by atoms with Crippen LogP contribution in [-0.2, 0) is 5.41 Å². The van der Waals surface area contributed by atoms with E-state index in [-0.39, 0.29) is 5.41 Å². The highest BCUT2D eigenvalue weighted by atomic mass is 16.5.